The van der Waals surface area contributed by atoms with Crippen molar-refractivity contribution in [2.45, 2.75) is 199 Å². The highest BCUT2D eigenvalue weighted by molar-refractivity contribution is 7.47. The average molecular weight is 838 g/mol. The van der Waals surface area contributed by atoms with Crippen LogP contribution < -0.4 is 5.73 Å². The van der Waals surface area contributed by atoms with Gasteiger partial charge in [0.2, 0.25) is 0 Å². The van der Waals surface area contributed by atoms with E-state index >= 15 is 0 Å². The average Bonchev–Trinajstić information content (AvgIpc) is 3.21. The Hall–Kier alpha value is -2.33. The quantitative estimate of drug-likeness (QED) is 0.0178. The number of allylic oxidation sites excluding steroid dienone is 9. The molecule has 0 heterocycles. The van der Waals surface area contributed by atoms with Crippen molar-refractivity contribution in [3.8, 4) is 0 Å². The number of aliphatic hydroxyl groups is 1. The van der Waals surface area contributed by atoms with Crippen molar-refractivity contribution in [3.63, 3.8) is 0 Å². The molecule has 0 aliphatic carbocycles. The Morgan fingerprint density at radius 3 is 1.60 bits per heavy atom. The number of ether oxygens (including phenoxy) is 2. The Morgan fingerprint density at radius 2 is 1.09 bits per heavy atom. The van der Waals surface area contributed by atoms with Gasteiger partial charge in [-0.2, -0.15) is 0 Å². The van der Waals surface area contributed by atoms with Crippen LogP contribution in [0.4, 0.5) is 0 Å². The van der Waals surface area contributed by atoms with Crippen LogP contribution in [0.5, 0.6) is 0 Å². The third kappa shape index (κ3) is 41.8. The van der Waals surface area contributed by atoms with Crippen LogP contribution in [0.1, 0.15) is 187 Å². The molecule has 0 aromatic rings. The van der Waals surface area contributed by atoms with Gasteiger partial charge in [0.05, 0.1) is 19.3 Å². The van der Waals surface area contributed by atoms with E-state index in [1.807, 2.05) is 37.3 Å². The number of carbonyl (C=O) groups excluding carboxylic acids is 2. The zero-order valence-corrected chi connectivity index (χ0v) is 37.5. The molecule has 0 aliphatic heterocycles. The summed E-state index contributed by atoms with van der Waals surface area (Å²) in [6.45, 7) is 3.34. The van der Waals surface area contributed by atoms with E-state index in [9.17, 15) is 24.2 Å². The molecule has 0 aromatic heterocycles. The summed E-state index contributed by atoms with van der Waals surface area (Å²) in [6, 6.07) is 0. The molecule has 0 saturated carbocycles. The highest BCUT2D eigenvalue weighted by Gasteiger charge is 2.26. The summed E-state index contributed by atoms with van der Waals surface area (Å²) in [5, 5.41) is 9.48. The number of unbranched alkanes of at least 4 members (excludes halogenated alkanes) is 19. The van der Waals surface area contributed by atoms with Crippen molar-refractivity contribution < 1.29 is 42.7 Å². The smallest absolute Gasteiger partial charge is 0.462 e. The molecule has 0 fully saturated rings. The maximum absolute atomic E-state index is 12.6. The summed E-state index contributed by atoms with van der Waals surface area (Å²) in [5.74, 6) is -0.913. The lowest BCUT2D eigenvalue weighted by Gasteiger charge is -2.19. The van der Waals surface area contributed by atoms with Crippen LogP contribution in [0.2, 0.25) is 0 Å². The van der Waals surface area contributed by atoms with Gasteiger partial charge in [-0.05, 0) is 44.9 Å². The van der Waals surface area contributed by atoms with Crippen molar-refractivity contribution in [1.82, 2.24) is 0 Å². The van der Waals surface area contributed by atoms with Gasteiger partial charge in [0.25, 0.3) is 0 Å². The van der Waals surface area contributed by atoms with Gasteiger partial charge in [-0.1, -0.05) is 190 Å². The van der Waals surface area contributed by atoms with Crippen molar-refractivity contribution in [3.05, 3.63) is 60.8 Å². The van der Waals surface area contributed by atoms with E-state index in [1.54, 1.807) is 6.08 Å². The van der Waals surface area contributed by atoms with Gasteiger partial charge in [-0.3, -0.25) is 18.6 Å². The van der Waals surface area contributed by atoms with Crippen molar-refractivity contribution in [2.75, 3.05) is 26.4 Å². The van der Waals surface area contributed by atoms with E-state index in [1.165, 1.54) is 103 Å². The van der Waals surface area contributed by atoms with Crippen molar-refractivity contribution in [2.24, 2.45) is 5.73 Å². The van der Waals surface area contributed by atoms with Crippen LogP contribution in [0, 0.1) is 0 Å². The first-order chi connectivity index (χ1) is 28.2. The van der Waals surface area contributed by atoms with Gasteiger partial charge in [0.15, 0.2) is 6.10 Å². The number of esters is 2. The lowest BCUT2D eigenvalue weighted by molar-refractivity contribution is -0.161. The maximum Gasteiger partial charge on any atom is 0.472 e. The predicted molar refractivity (Wildman–Crippen MR) is 239 cm³/mol. The first kappa shape index (κ1) is 55.7. The molecule has 0 radical (unpaired) electrons. The molecule has 0 spiro atoms. The normalized spacial score (nSPS) is 14.4. The molecule has 10 nitrogen and oxygen atoms in total. The van der Waals surface area contributed by atoms with E-state index in [0.29, 0.717) is 19.3 Å². The highest BCUT2D eigenvalue weighted by atomic mass is 31.2. The van der Waals surface area contributed by atoms with Gasteiger partial charge in [0, 0.05) is 19.4 Å². The van der Waals surface area contributed by atoms with Gasteiger partial charge < -0.3 is 25.2 Å². The molecule has 0 bridgehead atoms. The number of phosphoric ester groups is 1. The van der Waals surface area contributed by atoms with Gasteiger partial charge in [0.1, 0.15) is 6.61 Å². The van der Waals surface area contributed by atoms with E-state index in [4.69, 9.17) is 24.3 Å². The van der Waals surface area contributed by atoms with Gasteiger partial charge in [-0.15, -0.1) is 0 Å². The van der Waals surface area contributed by atoms with Gasteiger partial charge >= 0.3 is 19.8 Å². The summed E-state index contributed by atoms with van der Waals surface area (Å²) in [7, 11) is -4.40. The molecular weight excluding hydrogens is 753 g/mol. The fourth-order valence-electron chi connectivity index (χ4n) is 6.03. The molecule has 336 valence electrons. The number of hydrogen-bond acceptors (Lipinski definition) is 9. The fourth-order valence-corrected chi connectivity index (χ4v) is 6.80. The van der Waals surface area contributed by atoms with Crippen molar-refractivity contribution in [1.29, 1.82) is 0 Å². The topological polar surface area (TPSA) is 155 Å². The molecule has 1 unspecified atom stereocenters. The molecule has 0 saturated heterocycles. The van der Waals surface area contributed by atoms with Crippen LogP contribution in [0.15, 0.2) is 60.8 Å². The lowest BCUT2D eigenvalue weighted by Crippen LogP contribution is -2.29. The third-order valence-corrected chi connectivity index (χ3v) is 10.6. The van der Waals surface area contributed by atoms with E-state index in [2.05, 4.69) is 31.2 Å². The molecule has 0 aromatic carbocycles. The third-order valence-electron chi connectivity index (χ3n) is 9.58. The number of carbonyl (C=O) groups is 2. The summed E-state index contributed by atoms with van der Waals surface area (Å²) < 4.78 is 32.7. The molecule has 0 aliphatic rings. The minimum atomic E-state index is -4.40. The maximum atomic E-state index is 12.6. The Bertz CT molecular complexity index is 1150. The number of aliphatic hydroxyl groups excluding tert-OH is 1. The largest absolute Gasteiger partial charge is 0.472 e. The Balaban J connectivity index is 4.21. The van der Waals surface area contributed by atoms with Crippen LogP contribution in [-0.4, -0.2) is 60.5 Å². The van der Waals surface area contributed by atoms with Crippen LogP contribution in [0.3, 0.4) is 0 Å². The second-order valence-electron chi connectivity index (χ2n) is 15.1. The van der Waals surface area contributed by atoms with Crippen LogP contribution in [-0.2, 0) is 32.7 Å². The Kier molecular flexibility index (Phi) is 41.1. The van der Waals surface area contributed by atoms with Crippen LogP contribution >= 0.6 is 7.82 Å². The number of phosphoric acid groups is 1. The summed E-state index contributed by atoms with van der Waals surface area (Å²) >= 11 is 0. The second kappa shape index (κ2) is 42.8. The molecule has 3 atom stereocenters. The number of nitrogens with two attached hydrogens (primary N) is 1. The SMILES string of the molecule is CCCCCCCCCCCCCCCCCCCCCC(=O)OC[C@H](COP(=O)(O)OCCN)OC(=O)CCC/C=C\C/C=C\C/C=C\C/C=C\C=C\[C@H](O)CC. The lowest BCUT2D eigenvalue weighted by atomic mass is 10.0. The summed E-state index contributed by atoms with van der Waals surface area (Å²) in [5.41, 5.74) is 5.34. The number of hydrogen-bond donors (Lipinski definition) is 3. The summed E-state index contributed by atoms with van der Waals surface area (Å²) in [6.07, 6.45) is 47.8. The van der Waals surface area contributed by atoms with Crippen molar-refractivity contribution >= 4 is 19.8 Å². The molecule has 11 heteroatoms. The monoisotopic (exact) mass is 838 g/mol. The Labute approximate surface area is 353 Å². The second-order valence-corrected chi connectivity index (χ2v) is 16.6. The van der Waals surface area contributed by atoms with E-state index < -0.39 is 32.5 Å². The minimum Gasteiger partial charge on any atom is -0.462 e. The van der Waals surface area contributed by atoms with E-state index in [0.717, 1.165) is 38.5 Å². The molecule has 0 rings (SSSR count). The standard InChI is InChI=1S/C47H84NO9P/c1-3-5-6-7-8-9-10-11-12-13-14-15-16-20-23-26-29-32-35-38-46(50)54-42-45(43-56-58(52,53)55-41-40-48)57-47(51)39-36-33-30-27-24-21-18-17-19-22-25-28-31-34-37-44(49)4-2/h18-19,21-22,27-28,30-31,34,37,44-45,49H,3-17,20,23-26,29,32-33,35-36,38-43,48H2,1-2H3,(H,52,53)/b21-18-,22-19-,30-27-,31-28-,37-34+/t44-,45-/m1/s1. The first-order valence-electron chi connectivity index (χ1n) is 22.9. The molecule has 58 heavy (non-hydrogen) atoms. The highest BCUT2D eigenvalue weighted by Crippen LogP contribution is 2.43. The van der Waals surface area contributed by atoms with E-state index in [-0.39, 0.29) is 38.7 Å². The fraction of sp³-hybridized carbons (Fsp3) is 0.745. The number of rotatable bonds is 42. The van der Waals surface area contributed by atoms with Crippen LogP contribution in [0.25, 0.3) is 0 Å². The minimum absolute atomic E-state index is 0.0369. The van der Waals surface area contributed by atoms with Gasteiger partial charge in [-0.25, -0.2) is 4.57 Å². The first-order valence-corrected chi connectivity index (χ1v) is 24.4. The zero-order chi connectivity index (χ0) is 42.6. The predicted octanol–water partition coefficient (Wildman–Crippen LogP) is 12.2. The zero-order valence-electron chi connectivity index (χ0n) is 36.6. The summed E-state index contributed by atoms with van der Waals surface area (Å²) in [4.78, 5) is 34.9. The molecular formula is C47H84NO9P. The molecule has 4 N–H and O–H groups in total. The Morgan fingerprint density at radius 1 is 0.603 bits per heavy atom. The molecule has 0 amide bonds.